The van der Waals surface area contributed by atoms with E-state index in [0.717, 1.165) is 32.6 Å². The summed E-state index contributed by atoms with van der Waals surface area (Å²) in [6.07, 6.45) is 5.55. The fourth-order valence-electron chi connectivity index (χ4n) is 1.32. The molecule has 0 heterocycles. The molecule has 0 unspecified atom stereocenters. The summed E-state index contributed by atoms with van der Waals surface area (Å²) in [6, 6.07) is 0. The van der Waals surface area contributed by atoms with Gasteiger partial charge in [-0.15, -0.1) is 0 Å². The van der Waals surface area contributed by atoms with E-state index in [-0.39, 0.29) is 0 Å². The molecule has 0 aromatic rings. The van der Waals surface area contributed by atoms with Crippen molar-refractivity contribution >= 4 is 17.9 Å². The highest BCUT2D eigenvalue weighted by Gasteiger charge is 2.08. The number of carboxylic acid groups (broad SMARTS) is 3. The molecule has 0 atom stereocenters. The Balaban J connectivity index is -0.000000300. The Kier molecular flexibility index (Phi) is 18.2. The van der Waals surface area contributed by atoms with Gasteiger partial charge in [-0.1, -0.05) is 40.5 Å². The van der Waals surface area contributed by atoms with Crippen LogP contribution in [0.3, 0.4) is 0 Å². The third-order valence-electron chi connectivity index (χ3n) is 2.28. The molecule has 0 saturated carbocycles. The van der Waals surface area contributed by atoms with Crippen molar-refractivity contribution in [1.82, 2.24) is 0 Å². The minimum atomic E-state index is -0.833. The largest absolute Gasteiger partial charge is 0.481 e. The van der Waals surface area contributed by atoms with E-state index in [1.54, 1.807) is 0 Å². The first-order chi connectivity index (χ1) is 9.92. The van der Waals surface area contributed by atoms with Gasteiger partial charge in [-0.05, 0) is 24.7 Å². The van der Waals surface area contributed by atoms with Crippen LogP contribution in [-0.4, -0.2) is 33.2 Å². The van der Waals surface area contributed by atoms with E-state index >= 15 is 0 Å². The Bertz CT molecular complexity index is 300. The normalized spacial score (nSPS) is 9.68. The van der Waals surface area contributed by atoms with Crippen LogP contribution in [0.4, 0.5) is 0 Å². The summed E-state index contributed by atoms with van der Waals surface area (Å²) in [6.45, 7) is 9.56. The molecule has 0 rings (SSSR count). The number of carbonyl (C=O) groups is 3. The zero-order chi connectivity index (χ0) is 18.2. The Morgan fingerprint density at radius 1 is 0.818 bits per heavy atom. The highest BCUT2D eigenvalue weighted by atomic mass is 16.4. The van der Waals surface area contributed by atoms with Gasteiger partial charge in [0.15, 0.2) is 0 Å². The molecular formula is C16H32O6. The fourth-order valence-corrected chi connectivity index (χ4v) is 1.32. The lowest BCUT2D eigenvalue weighted by Crippen LogP contribution is -2.04. The predicted molar refractivity (Wildman–Crippen MR) is 86.0 cm³/mol. The Morgan fingerprint density at radius 2 is 1.23 bits per heavy atom. The van der Waals surface area contributed by atoms with E-state index in [4.69, 9.17) is 20.1 Å². The summed E-state index contributed by atoms with van der Waals surface area (Å²) in [7, 11) is 0. The van der Waals surface area contributed by atoms with Gasteiger partial charge in [-0.3, -0.25) is 14.4 Å². The summed E-state index contributed by atoms with van der Waals surface area (Å²) in [5.41, 5.74) is 0.392. The standard InChI is InChI=1S/C10H20O2.C4H8O2.C2H4O2/c1-10(2,3)8-6-4-5-7-9(11)12;1-2-3-4(5)6;1-2(3)4/h4-8H2,1-3H3,(H,11,12);2-3H2,1H3,(H,5,6);1H3,(H,3,4). The van der Waals surface area contributed by atoms with Crippen molar-refractivity contribution in [3.8, 4) is 0 Å². The lowest BCUT2D eigenvalue weighted by molar-refractivity contribution is -0.138. The van der Waals surface area contributed by atoms with Gasteiger partial charge >= 0.3 is 11.9 Å². The Hall–Kier alpha value is -1.59. The maximum Gasteiger partial charge on any atom is 0.303 e. The summed E-state index contributed by atoms with van der Waals surface area (Å²) in [4.78, 5) is 28.8. The van der Waals surface area contributed by atoms with Crippen molar-refractivity contribution in [3.05, 3.63) is 0 Å². The van der Waals surface area contributed by atoms with E-state index in [2.05, 4.69) is 20.8 Å². The molecule has 132 valence electrons. The van der Waals surface area contributed by atoms with Gasteiger partial charge in [0.2, 0.25) is 0 Å². The molecule has 0 aliphatic rings. The molecule has 22 heavy (non-hydrogen) atoms. The summed E-state index contributed by atoms with van der Waals surface area (Å²) in [5.74, 6) is -2.22. The average Bonchev–Trinajstić information content (AvgIpc) is 2.26. The van der Waals surface area contributed by atoms with Crippen LogP contribution in [0.15, 0.2) is 0 Å². The molecule has 0 aromatic carbocycles. The van der Waals surface area contributed by atoms with Gasteiger partial charge in [0.1, 0.15) is 0 Å². The van der Waals surface area contributed by atoms with Crippen LogP contribution in [0.5, 0.6) is 0 Å². The number of unbranched alkanes of at least 4 members (excludes halogenated alkanes) is 2. The zero-order valence-electron chi connectivity index (χ0n) is 14.5. The molecule has 0 aliphatic carbocycles. The van der Waals surface area contributed by atoms with Crippen molar-refractivity contribution in [1.29, 1.82) is 0 Å². The zero-order valence-corrected chi connectivity index (χ0v) is 14.5. The first kappa shape index (κ1) is 25.4. The van der Waals surface area contributed by atoms with Crippen LogP contribution in [0.1, 0.15) is 79.6 Å². The molecule has 6 heteroatoms. The van der Waals surface area contributed by atoms with Gasteiger partial charge in [-0.2, -0.15) is 0 Å². The molecule has 0 saturated heterocycles. The second-order valence-electron chi connectivity index (χ2n) is 6.18. The van der Waals surface area contributed by atoms with Crippen LogP contribution in [0.25, 0.3) is 0 Å². The van der Waals surface area contributed by atoms with Crippen molar-refractivity contribution < 1.29 is 29.7 Å². The molecule has 0 spiro atoms. The molecule has 0 amide bonds. The lowest BCUT2D eigenvalue weighted by Gasteiger charge is -2.17. The second-order valence-corrected chi connectivity index (χ2v) is 6.18. The average molecular weight is 320 g/mol. The Labute approximate surface area is 133 Å². The predicted octanol–water partition coefficient (Wildman–Crippen LogP) is 4.03. The fraction of sp³-hybridized carbons (Fsp3) is 0.812. The summed E-state index contributed by atoms with van der Waals surface area (Å²) >= 11 is 0. The highest BCUT2D eigenvalue weighted by Crippen LogP contribution is 2.22. The number of hydrogen-bond donors (Lipinski definition) is 3. The summed E-state index contributed by atoms with van der Waals surface area (Å²) < 4.78 is 0. The molecule has 0 aliphatic heterocycles. The molecular weight excluding hydrogens is 288 g/mol. The lowest BCUT2D eigenvalue weighted by atomic mass is 9.89. The Morgan fingerprint density at radius 3 is 1.45 bits per heavy atom. The molecule has 0 aromatic heterocycles. The van der Waals surface area contributed by atoms with E-state index in [0.29, 0.717) is 18.3 Å². The third kappa shape index (κ3) is 51.5. The van der Waals surface area contributed by atoms with Gasteiger partial charge < -0.3 is 15.3 Å². The number of hydrogen-bond acceptors (Lipinski definition) is 3. The van der Waals surface area contributed by atoms with Gasteiger partial charge in [0, 0.05) is 19.8 Å². The minimum Gasteiger partial charge on any atom is -0.481 e. The maximum atomic E-state index is 10.2. The highest BCUT2D eigenvalue weighted by molar-refractivity contribution is 5.66. The molecule has 0 radical (unpaired) electrons. The van der Waals surface area contributed by atoms with E-state index in [1.165, 1.54) is 6.42 Å². The first-order valence-corrected chi connectivity index (χ1v) is 7.55. The maximum absolute atomic E-state index is 10.2. The van der Waals surface area contributed by atoms with E-state index in [9.17, 15) is 9.59 Å². The topological polar surface area (TPSA) is 112 Å². The second kappa shape index (κ2) is 15.8. The third-order valence-corrected chi connectivity index (χ3v) is 2.28. The van der Waals surface area contributed by atoms with Crippen molar-refractivity contribution in [2.75, 3.05) is 0 Å². The monoisotopic (exact) mass is 320 g/mol. The van der Waals surface area contributed by atoms with Gasteiger partial charge in [0.05, 0.1) is 0 Å². The minimum absolute atomic E-state index is 0.292. The smallest absolute Gasteiger partial charge is 0.303 e. The SMILES string of the molecule is CC(=O)O.CC(C)(C)CCCCCC(=O)O.CCCC(=O)O. The summed E-state index contributed by atoms with van der Waals surface area (Å²) in [5, 5.41) is 23.7. The number of aliphatic carboxylic acids is 3. The first-order valence-electron chi connectivity index (χ1n) is 7.55. The van der Waals surface area contributed by atoms with Crippen molar-refractivity contribution in [2.45, 2.75) is 79.6 Å². The van der Waals surface area contributed by atoms with Gasteiger partial charge in [0.25, 0.3) is 5.97 Å². The van der Waals surface area contributed by atoms with Crippen LogP contribution >= 0.6 is 0 Å². The molecule has 0 bridgehead atoms. The van der Waals surface area contributed by atoms with E-state index < -0.39 is 17.9 Å². The van der Waals surface area contributed by atoms with E-state index in [1.807, 2.05) is 6.92 Å². The van der Waals surface area contributed by atoms with Crippen molar-refractivity contribution in [3.63, 3.8) is 0 Å². The molecule has 6 nitrogen and oxygen atoms in total. The number of rotatable bonds is 7. The molecule has 3 N–H and O–H groups in total. The van der Waals surface area contributed by atoms with Crippen LogP contribution in [0, 0.1) is 5.41 Å². The van der Waals surface area contributed by atoms with Crippen molar-refractivity contribution in [2.24, 2.45) is 5.41 Å². The van der Waals surface area contributed by atoms with Gasteiger partial charge in [-0.25, -0.2) is 0 Å². The van der Waals surface area contributed by atoms with Crippen LogP contribution in [-0.2, 0) is 14.4 Å². The number of carboxylic acids is 3. The quantitative estimate of drug-likeness (QED) is 0.610. The van der Waals surface area contributed by atoms with Crippen LogP contribution in [0.2, 0.25) is 0 Å². The van der Waals surface area contributed by atoms with Crippen LogP contribution < -0.4 is 0 Å². The molecule has 0 fully saturated rings.